The van der Waals surface area contributed by atoms with Crippen LogP contribution in [0.4, 0.5) is 10.2 Å². The summed E-state index contributed by atoms with van der Waals surface area (Å²) in [5.41, 5.74) is 0.851. The predicted octanol–water partition coefficient (Wildman–Crippen LogP) is 4.99. The third-order valence-corrected chi connectivity index (χ3v) is 6.05. The lowest BCUT2D eigenvalue weighted by Gasteiger charge is -2.12. The summed E-state index contributed by atoms with van der Waals surface area (Å²) < 4.78 is 15.8. The largest absolute Gasteiger partial charge is 0.396 e. The molecule has 37 heavy (non-hydrogen) atoms. The summed E-state index contributed by atoms with van der Waals surface area (Å²) in [6, 6.07) is 15.7. The molecule has 8 nitrogen and oxygen atoms in total. The number of aliphatic hydroxyl groups is 1. The van der Waals surface area contributed by atoms with Crippen molar-refractivity contribution in [3.63, 3.8) is 0 Å². The fraction of sp³-hybridized carbons (Fsp3) is 0.154. The molecule has 2 aromatic heterocycles. The maximum Gasteiger partial charge on any atom is 0.271 e. The normalized spacial score (nSPS) is 11.7. The Balaban J connectivity index is 1.69. The van der Waals surface area contributed by atoms with Gasteiger partial charge in [-0.3, -0.25) is 14.6 Å². The number of hydrogen-bond acceptors (Lipinski definition) is 5. The first-order chi connectivity index (χ1) is 17.8. The third kappa shape index (κ3) is 5.96. The molecule has 11 heteroatoms. The third-order valence-electron chi connectivity index (χ3n) is 5.42. The molecule has 4 rings (SSSR count). The number of para-hydroxylation sites is 1. The number of hydrogen-bond donors (Lipinski definition) is 3. The summed E-state index contributed by atoms with van der Waals surface area (Å²) in [7, 11) is 0. The van der Waals surface area contributed by atoms with Crippen LogP contribution >= 0.6 is 23.2 Å². The molecular formula is C26H22Cl2FN5O3. The molecule has 0 aliphatic carbocycles. The molecule has 0 radical (unpaired) electrons. The molecule has 4 aromatic rings. The number of halogens is 3. The number of benzene rings is 2. The van der Waals surface area contributed by atoms with E-state index in [0.29, 0.717) is 5.69 Å². The molecule has 0 saturated carbocycles. The predicted molar refractivity (Wildman–Crippen MR) is 140 cm³/mol. The number of aliphatic hydroxyl groups excluding tert-OH is 1. The topological polar surface area (TPSA) is 109 Å². The van der Waals surface area contributed by atoms with E-state index in [1.807, 2.05) is 6.07 Å². The van der Waals surface area contributed by atoms with Gasteiger partial charge in [-0.1, -0.05) is 48.3 Å². The second kappa shape index (κ2) is 11.5. The van der Waals surface area contributed by atoms with Crippen LogP contribution in [0.1, 0.15) is 27.8 Å². The van der Waals surface area contributed by atoms with Crippen LogP contribution in [0.15, 0.2) is 66.9 Å². The zero-order valence-corrected chi connectivity index (χ0v) is 21.1. The summed E-state index contributed by atoms with van der Waals surface area (Å²) in [6.07, 6.45) is 1.41. The average Bonchev–Trinajstić information content (AvgIpc) is 3.32. The van der Waals surface area contributed by atoms with E-state index in [-0.39, 0.29) is 57.4 Å². The standard InChI is InChI=1S/C26H22Cl2FN5O3/c1-15(14-35)13-31-26(37)22-12-23(34(33-22)16-6-3-2-4-7-16)32-25(36)18-10-17(19(27)11-20(18)28)24-21(29)8-5-9-30-24/h2-12,15,35H,13-14H2,1H3,(H,31,37)(H,32,36). The Hall–Kier alpha value is -3.79. The van der Waals surface area contributed by atoms with Crippen molar-refractivity contribution in [2.75, 3.05) is 18.5 Å². The lowest BCUT2D eigenvalue weighted by atomic mass is 10.1. The number of amides is 2. The molecule has 0 spiro atoms. The molecule has 2 amide bonds. The van der Waals surface area contributed by atoms with Gasteiger partial charge in [-0.2, -0.15) is 5.10 Å². The van der Waals surface area contributed by atoms with Gasteiger partial charge in [-0.25, -0.2) is 9.07 Å². The van der Waals surface area contributed by atoms with Crippen LogP contribution in [0.25, 0.3) is 16.9 Å². The number of aromatic nitrogens is 3. The van der Waals surface area contributed by atoms with Crippen LogP contribution in [0.2, 0.25) is 10.0 Å². The highest BCUT2D eigenvalue weighted by molar-refractivity contribution is 6.38. The molecule has 2 aromatic carbocycles. The molecule has 0 saturated heterocycles. The van der Waals surface area contributed by atoms with Crippen molar-refractivity contribution in [2.24, 2.45) is 5.92 Å². The molecular weight excluding hydrogens is 520 g/mol. The van der Waals surface area contributed by atoms with Gasteiger partial charge in [0.1, 0.15) is 17.3 Å². The van der Waals surface area contributed by atoms with Gasteiger partial charge in [0.15, 0.2) is 5.69 Å². The molecule has 0 aliphatic rings. The van der Waals surface area contributed by atoms with Crippen LogP contribution in [0.5, 0.6) is 0 Å². The summed E-state index contributed by atoms with van der Waals surface area (Å²) in [5, 5.41) is 19.2. The van der Waals surface area contributed by atoms with Crippen molar-refractivity contribution in [1.82, 2.24) is 20.1 Å². The molecule has 0 bridgehead atoms. The maximum absolute atomic E-state index is 14.4. The molecule has 190 valence electrons. The zero-order chi connectivity index (χ0) is 26.5. The minimum atomic E-state index is -0.628. The number of anilines is 1. The summed E-state index contributed by atoms with van der Waals surface area (Å²) in [6.45, 7) is 1.96. The maximum atomic E-state index is 14.4. The molecule has 1 unspecified atom stereocenters. The Morgan fingerprint density at radius 3 is 2.51 bits per heavy atom. The molecule has 3 N–H and O–H groups in total. The van der Waals surface area contributed by atoms with Gasteiger partial charge in [0, 0.05) is 31.0 Å². The Labute approximate surface area is 222 Å². The van der Waals surface area contributed by atoms with Crippen LogP contribution < -0.4 is 10.6 Å². The Morgan fingerprint density at radius 2 is 1.81 bits per heavy atom. The number of carbonyl (C=O) groups excluding carboxylic acids is 2. The van der Waals surface area contributed by atoms with Crippen LogP contribution in [0.3, 0.4) is 0 Å². The second-order valence-electron chi connectivity index (χ2n) is 8.26. The summed E-state index contributed by atoms with van der Waals surface area (Å²) in [5.74, 6) is -1.64. The van der Waals surface area contributed by atoms with Crippen LogP contribution in [0, 0.1) is 11.7 Å². The van der Waals surface area contributed by atoms with Crippen LogP contribution in [-0.4, -0.2) is 44.8 Å². The van der Waals surface area contributed by atoms with E-state index in [2.05, 4.69) is 20.7 Å². The van der Waals surface area contributed by atoms with Crippen molar-refractivity contribution < 1.29 is 19.1 Å². The number of pyridine rings is 1. The van der Waals surface area contributed by atoms with E-state index in [4.69, 9.17) is 23.2 Å². The minimum Gasteiger partial charge on any atom is -0.396 e. The number of rotatable bonds is 8. The van der Waals surface area contributed by atoms with Gasteiger partial charge < -0.3 is 15.7 Å². The van der Waals surface area contributed by atoms with E-state index in [9.17, 15) is 19.1 Å². The fourth-order valence-electron chi connectivity index (χ4n) is 3.44. The smallest absolute Gasteiger partial charge is 0.271 e. The first kappa shape index (κ1) is 26.3. The second-order valence-corrected chi connectivity index (χ2v) is 9.07. The van der Waals surface area contributed by atoms with Gasteiger partial charge in [0.2, 0.25) is 0 Å². The van der Waals surface area contributed by atoms with E-state index < -0.39 is 17.6 Å². The van der Waals surface area contributed by atoms with Crippen molar-refractivity contribution in [1.29, 1.82) is 0 Å². The summed E-state index contributed by atoms with van der Waals surface area (Å²) in [4.78, 5) is 30.0. The molecule has 0 fully saturated rings. The molecule has 2 heterocycles. The van der Waals surface area contributed by atoms with E-state index >= 15 is 0 Å². The van der Waals surface area contributed by atoms with Gasteiger partial charge in [0.25, 0.3) is 11.8 Å². The van der Waals surface area contributed by atoms with Gasteiger partial charge in [-0.15, -0.1) is 0 Å². The van der Waals surface area contributed by atoms with Gasteiger partial charge in [0.05, 0.1) is 21.3 Å². The van der Waals surface area contributed by atoms with Crippen molar-refractivity contribution in [3.05, 3.63) is 94.0 Å². The first-order valence-electron chi connectivity index (χ1n) is 11.2. The Bertz CT molecular complexity index is 1450. The molecule has 1 atom stereocenters. The highest BCUT2D eigenvalue weighted by atomic mass is 35.5. The van der Waals surface area contributed by atoms with Crippen LogP contribution in [-0.2, 0) is 0 Å². The van der Waals surface area contributed by atoms with E-state index in [1.165, 1.54) is 41.2 Å². The molecule has 0 aliphatic heterocycles. The highest BCUT2D eigenvalue weighted by Gasteiger charge is 2.21. The Morgan fingerprint density at radius 1 is 1.05 bits per heavy atom. The van der Waals surface area contributed by atoms with E-state index in [1.54, 1.807) is 31.2 Å². The van der Waals surface area contributed by atoms with Gasteiger partial charge >= 0.3 is 0 Å². The first-order valence-corrected chi connectivity index (χ1v) is 12.0. The quantitative estimate of drug-likeness (QED) is 0.291. The Kier molecular flexibility index (Phi) is 8.17. The number of carbonyl (C=O) groups is 2. The number of nitrogens with one attached hydrogen (secondary N) is 2. The number of nitrogens with zero attached hydrogens (tertiary/aromatic N) is 3. The minimum absolute atomic E-state index is 0.0229. The fourth-order valence-corrected chi connectivity index (χ4v) is 4.00. The lowest BCUT2D eigenvalue weighted by Crippen LogP contribution is -2.29. The lowest BCUT2D eigenvalue weighted by molar-refractivity contribution is 0.0936. The zero-order valence-electron chi connectivity index (χ0n) is 19.6. The van der Waals surface area contributed by atoms with Gasteiger partial charge in [-0.05, 0) is 42.3 Å². The van der Waals surface area contributed by atoms with E-state index in [0.717, 1.165) is 0 Å². The van der Waals surface area contributed by atoms with Crippen molar-refractivity contribution in [3.8, 4) is 16.9 Å². The van der Waals surface area contributed by atoms with Crippen molar-refractivity contribution in [2.45, 2.75) is 6.92 Å². The van der Waals surface area contributed by atoms with Crippen molar-refractivity contribution >= 4 is 40.8 Å². The average molecular weight is 542 g/mol. The highest BCUT2D eigenvalue weighted by Crippen LogP contribution is 2.33. The SMILES string of the molecule is CC(CO)CNC(=O)c1cc(NC(=O)c2cc(-c3ncccc3F)c(Cl)cc2Cl)n(-c2ccccc2)n1. The summed E-state index contributed by atoms with van der Waals surface area (Å²) >= 11 is 12.6. The monoisotopic (exact) mass is 541 g/mol.